The van der Waals surface area contributed by atoms with Crippen LogP contribution >= 0.6 is 0 Å². The lowest BCUT2D eigenvalue weighted by Crippen LogP contribution is -2.40. The van der Waals surface area contributed by atoms with Crippen LogP contribution in [-0.4, -0.2) is 37.9 Å². The van der Waals surface area contributed by atoms with Crippen molar-refractivity contribution in [3.63, 3.8) is 0 Å². The van der Waals surface area contributed by atoms with E-state index in [-0.39, 0.29) is 6.09 Å². The average molecular weight is 343 g/mol. The van der Waals surface area contributed by atoms with Gasteiger partial charge in [0.15, 0.2) is 0 Å². The maximum atomic E-state index is 12.3. The van der Waals surface area contributed by atoms with Crippen molar-refractivity contribution in [1.82, 2.24) is 19.7 Å². The zero-order valence-electron chi connectivity index (χ0n) is 15.2. The molecule has 0 fully saturated rings. The van der Waals surface area contributed by atoms with Gasteiger partial charge in [-0.15, -0.1) is 0 Å². The first kappa shape index (κ1) is 17.3. The monoisotopic (exact) mass is 343 g/mol. The Hall–Kier alpha value is -2.57. The second-order valence-electron chi connectivity index (χ2n) is 7.25. The molecular formula is C18H25N5O2. The number of hydrogen-bond acceptors (Lipinski definition) is 5. The quantitative estimate of drug-likeness (QED) is 0.928. The second-order valence-corrected chi connectivity index (χ2v) is 7.25. The Morgan fingerprint density at radius 3 is 2.84 bits per heavy atom. The van der Waals surface area contributed by atoms with Crippen molar-refractivity contribution in [3.05, 3.63) is 41.5 Å². The van der Waals surface area contributed by atoms with E-state index in [9.17, 15) is 4.79 Å². The van der Waals surface area contributed by atoms with Gasteiger partial charge in [-0.3, -0.25) is 4.68 Å². The number of carbonyl (C=O) groups excluding carboxylic acids is 1. The summed E-state index contributed by atoms with van der Waals surface area (Å²) in [5.41, 5.74) is 3.02. The summed E-state index contributed by atoms with van der Waals surface area (Å²) in [6.07, 6.45) is 2.10. The molecule has 0 saturated carbocycles. The van der Waals surface area contributed by atoms with Crippen LogP contribution in [0.15, 0.2) is 24.5 Å². The first-order valence-electron chi connectivity index (χ1n) is 8.49. The highest BCUT2D eigenvalue weighted by atomic mass is 16.6. The number of benzene rings is 1. The summed E-state index contributed by atoms with van der Waals surface area (Å²) in [4.78, 5) is 18.3. The topological polar surface area (TPSA) is 72.3 Å². The smallest absolute Gasteiger partial charge is 0.410 e. The molecular weight excluding hydrogens is 318 g/mol. The zero-order chi connectivity index (χ0) is 18.0. The van der Waals surface area contributed by atoms with E-state index < -0.39 is 5.60 Å². The number of aryl methyl sites for hydroxylation is 1. The van der Waals surface area contributed by atoms with Gasteiger partial charge in [0, 0.05) is 25.8 Å². The second kappa shape index (κ2) is 6.74. The van der Waals surface area contributed by atoms with Crippen LogP contribution in [0.3, 0.4) is 0 Å². The van der Waals surface area contributed by atoms with Gasteiger partial charge >= 0.3 is 6.09 Å². The molecule has 0 atom stereocenters. The number of ether oxygens (including phenoxy) is 1. The van der Waals surface area contributed by atoms with Gasteiger partial charge in [0.2, 0.25) is 0 Å². The van der Waals surface area contributed by atoms with Gasteiger partial charge in [-0.05, 0) is 44.4 Å². The molecule has 0 saturated heterocycles. The summed E-state index contributed by atoms with van der Waals surface area (Å²) in [7, 11) is 1.88. The summed E-state index contributed by atoms with van der Waals surface area (Å²) >= 11 is 0. The predicted octanol–water partition coefficient (Wildman–Crippen LogP) is 2.72. The van der Waals surface area contributed by atoms with Gasteiger partial charge < -0.3 is 15.0 Å². The van der Waals surface area contributed by atoms with E-state index in [1.54, 1.807) is 15.9 Å². The molecule has 0 aliphatic carbocycles. The number of carbonyl (C=O) groups is 1. The molecule has 25 heavy (non-hydrogen) atoms. The molecule has 2 heterocycles. The minimum atomic E-state index is -0.475. The van der Waals surface area contributed by atoms with Crippen molar-refractivity contribution >= 4 is 11.8 Å². The Balaban J connectivity index is 1.70. The van der Waals surface area contributed by atoms with Gasteiger partial charge in [0.1, 0.15) is 17.8 Å². The molecule has 1 N–H and O–H groups in total. The number of amides is 1. The van der Waals surface area contributed by atoms with Crippen LogP contribution in [0.2, 0.25) is 0 Å². The van der Waals surface area contributed by atoms with Gasteiger partial charge in [-0.2, -0.15) is 5.10 Å². The highest BCUT2D eigenvalue weighted by Crippen LogP contribution is 2.27. The van der Waals surface area contributed by atoms with E-state index >= 15 is 0 Å². The van der Waals surface area contributed by atoms with E-state index in [0.717, 1.165) is 23.5 Å². The molecule has 1 aliphatic heterocycles. The maximum absolute atomic E-state index is 12.3. The van der Waals surface area contributed by atoms with Crippen LogP contribution in [0.1, 0.15) is 37.7 Å². The molecule has 0 bridgehead atoms. The number of hydrogen-bond donors (Lipinski definition) is 1. The fourth-order valence-corrected chi connectivity index (χ4v) is 2.91. The van der Waals surface area contributed by atoms with Crippen LogP contribution in [0.4, 0.5) is 10.5 Å². The Labute approximate surface area is 148 Å². The number of rotatable bonds is 3. The molecule has 3 rings (SSSR count). The summed E-state index contributed by atoms with van der Waals surface area (Å²) in [5.74, 6) is 0.879. The molecule has 1 aliphatic rings. The largest absolute Gasteiger partial charge is 0.444 e. The van der Waals surface area contributed by atoms with E-state index in [1.807, 2.05) is 33.9 Å². The highest BCUT2D eigenvalue weighted by molar-refractivity contribution is 5.69. The first-order valence-corrected chi connectivity index (χ1v) is 8.49. The van der Waals surface area contributed by atoms with Crippen molar-refractivity contribution in [3.8, 4) is 0 Å². The molecule has 1 amide bonds. The van der Waals surface area contributed by atoms with Gasteiger partial charge in [-0.25, -0.2) is 9.78 Å². The van der Waals surface area contributed by atoms with Crippen LogP contribution < -0.4 is 5.32 Å². The van der Waals surface area contributed by atoms with E-state index in [4.69, 9.17) is 4.74 Å². The highest BCUT2D eigenvalue weighted by Gasteiger charge is 2.26. The summed E-state index contributed by atoms with van der Waals surface area (Å²) in [5, 5.41) is 7.52. The summed E-state index contributed by atoms with van der Waals surface area (Å²) in [6, 6.07) is 6.15. The molecule has 7 nitrogen and oxygen atoms in total. The molecule has 0 spiro atoms. The normalized spacial score (nSPS) is 14.2. The maximum Gasteiger partial charge on any atom is 0.410 e. The van der Waals surface area contributed by atoms with Crippen molar-refractivity contribution in [2.24, 2.45) is 7.05 Å². The third-order valence-corrected chi connectivity index (χ3v) is 4.16. The van der Waals surface area contributed by atoms with Crippen molar-refractivity contribution in [1.29, 1.82) is 0 Å². The van der Waals surface area contributed by atoms with Crippen molar-refractivity contribution in [2.75, 3.05) is 11.9 Å². The van der Waals surface area contributed by atoms with Crippen LogP contribution in [0.25, 0.3) is 0 Å². The number of anilines is 1. The van der Waals surface area contributed by atoms with Crippen molar-refractivity contribution in [2.45, 2.75) is 45.9 Å². The fourth-order valence-electron chi connectivity index (χ4n) is 2.91. The fraction of sp³-hybridized carbons (Fsp3) is 0.500. The van der Waals surface area contributed by atoms with E-state index in [1.165, 1.54) is 5.56 Å². The molecule has 0 radical (unpaired) electrons. The van der Waals surface area contributed by atoms with Crippen LogP contribution in [0.5, 0.6) is 0 Å². The Morgan fingerprint density at radius 1 is 1.36 bits per heavy atom. The van der Waals surface area contributed by atoms with Gasteiger partial charge in [0.25, 0.3) is 0 Å². The number of aromatic nitrogens is 3. The average Bonchev–Trinajstić information content (AvgIpc) is 2.96. The molecule has 134 valence electrons. The number of nitrogens with one attached hydrogen (secondary N) is 1. The standard InChI is InChI=1S/C18H25N5O2/c1-18(2,3)25-17(24)23-9-8-14-13(11-23)6-5-7-15(14)19-10-16-20-12-21-22(16)4/h5-7,12,19H,8-11H2,1-4H3. The Bertz CT molecular complexity index is 763. The summed E-state index contributed by atoms with van der Waals surface area (Å²) < 4.78 is 7.24. The lowest BCUT2D eigenvalue weighted by Gasteiger charge is -2.32. The minimum absolute atomic E-state index is 0.254. The number of fused-ring (bicyclic) bond motifs is 1. The predicted molar refractivity (Wildman–Crippen MR) is 95.1 cm³/mol. The minimum Gasteiger partial charge on any atom is -0.444 e. The first-order chi connectivity index (χ1) is 11.8. The lowest BCUT2D eigenvalue weighted by atomic mass is 9.98. The zero-order valence-corrected chi connectivity index (χ0v) is 15.2. The van der Waals surface area contributed by atoms with E-state index in [0.29, 0.717) is 19.6 Å². The van der Waals surface area contributed by atoms with Gasteiger partial charge in [0.05, 0.1) is 6.54 Å². The lowest BCUT2D eigenvalue weighted by molar-refractivity contribution is 0.0224. The van der Waals surface area contributed by atoms with Crippen LogP contribution in [-0.2, 0) is 31.3 Å². The third kappa shape index (κ3) is 4.10. The molecule has 2 aromatic rings. The van der Waals surface area contributed by atoms with Crippen LogP contribution in [0, 0.1) is 0 Å². The Kier molecular flexibility index (Phi) is 4.65. The molecule has 1 aromatic heterocycles. The molecule has 0 unspecified atom stereocenters. The Morgan fingerprint density at radius 2 is 2.16 bits per heavy atom. The summed E-state index contributed by atoms with van der Waals surface area (Å²) in [6.45, 7) is 7.50. The third-order valence-electron chi connectivity index (χ3n) is 4.16. The van der Waals surface area contributed by atoms with Gasteiger partial charge in [-0.1, -0.05) is 12.1 Å². The van der Waals surface area contributed by atoms with E-state index in [2.05, 4.69) is 27.5 Å². The number of nitrogens with zero attached hydrogens (tertiary/aromatic N) is 4. The molecule has 1 aromatic carbocycles. The van der Waals surface area contributed by atoms with Crippen molar-refractivity contribution < 1.29 is 9.53 Å². The molecule has 7 heteroatoms. The SMILES string of the molecule is Cn1ncnc1CNc1cccc2c1CCN(C(=O)OC(C)(C)C)C2.